The molecule has 3 heterocycles. The molecule has 31 heavy (non-hydrogen) atoms. The molecule has 1 aromatic rings. The van der Waals surface area contributed by atoms with Gasteiger partial charge in [-0.15, -0.1) is 16.9 Å². The summed E-state index contributed by atoms with van der Waals surface area (Å²) in [4.78, 5) is 27.0. The zero-order valence-electron chi connectivity index (χ0n) is 17.8. The maximum Gasteiger partial charge on any atom is 0.316 e. The minimum atomic E-state index is -3.32. The fourth-order valence-corrected chi connectivity index (χ4v) is 6.33. The van der Waals surface area contributed by atoms with Crippen LogP contribution in [0.25, 0.3) is 0 Å². The van der Waals surface area contributed by atoms with E-state index >= 15 is 0 Å². The van der Waals surface area contributed by atoms with Gasteiger partial charge in [-0.2, -0.15) is 0 Å². The molecular weight excluding hydrogens is 466 g/mol. The molecule has 0 aromatic carbocycles. The van der Waals surface area contributed by atoms with Crippen LogP contribution in [0.5, 0.6) is 0 Å². The van der Waals surface area contributed by atoms with E-state index < -0.39 is 27.1 Å². The number of amides is 1. The maximum absolute atomic E-state index is 13.2. The molecule has 3 atom stereocenters. The highest BCUT2D eigenvalue weighted by Gasteiger charge is 2.56. The first-order valence-corrected chi connectivity index (χ1v) is 13.5. The number of nitrogens with one attached hydrogen (secondary N) is 1. The van der Waals surface area contributed by atoms with Crippen LogP contribution in [0.1, 0.15) is 20.8 Å². The lowest BCUT2D eigenvalue weighted by Gasteiger charge is -2.53. The summed E-state index contributed by atoms with van der Waals surface area (Å²) in [7, 11) is -3.32. The third-order valence-electron chi connectivity index (χ3n) is 4.68. The van der Waals surface area contributed by atoms with Crippen molar-refractivity contribution in [3.63, 3.8) is 0 Å². The van der Waals surface area contributed by atoms with Gasteiger partial charge in [0.05, 0.1) is 12.8 Å². The fourth-order valence-electron chi connectivity index (χ4n) is 3.16. The van der Waals surface area contributed by atoms with Crippen molar-refractivity contribution in [2.24, 2.45) is 11.1 Å². The van der Waals surface area contributed by atoms with Crippen molar-refractivity contribution < 1.29 is 22.7 Å². The molecule has 1 aromatic heterocycles. The van der Waals surface area contributed by atoms with Gasteiger partial charge in [0.15, 0.2) is 0 Å². The van der Waals surface area contributed by atoms with Crippen molar-refractivity contribution in [3.8, 4) is 0 Å². The first-order chi connectivity index (χ1) is 14.3. The Labute approximate surface area is 189 Å². The van der Waals surface area contributed by atoms with E-state index in [1.807, 2.05) is 0 Å². The minimum absolute atomic E-state index is 0.125. The van der Waals surface area contributed by atoms with Crippen LogP contribution in [0.4, 0.5) is 0 Å². The Balaban J connectivity index is 1.73. The number of hydrogen-bond acceptors (Lipinski definition) is 11. The third-order valence-corrected chi connectivity index (χ3v) is 8.27. The number of sulfonamides is 1. The SMILES string of the molecule is CC(C)(C)OC(=O)C1(CSc2nnnn2CCNS(C)(=O)=O)CS[C@@H]2C(N)C(=O)N2C1. The summed E-state index contributed by atoms with van der Waals surface area (Å²) in [5.74, 6) is 0.186. The van der Waals surface area contributed by atoms with E-state index in [-0.39, 0.29) is 36.9 Å². The lowest BCUT2D eigenvalue weighted by Crippen LogP contribution is -2.72. The Morgan fingerprint density at radius 1 is 1.45 bits per heavy atom. The van der Waals surface area contributed by atoms with Crippen LogP contribution in [0, 0.1) is 5.41 Å². The lowest BCUT2D eigenvalue weighted by atomic mass is 9.89. The summed E-state index contributed by atoms with van der Waals surface area (Å²) in [6.45, 7) is 5.97. The predicted molar refractivity (Wildman–Crippen MR) is 116 cm³/mol. The van der Waals surface area contributed by atoms with Crippen molar-refractivity contribution in [1.82, 2.24) is 29.8 Å². The lowest BCUT2D eigenvalue weighted by molar-refractivity contribution is -0.169. The summed E-state index contributed by atoms with van der Waals surface area (Å²) in [6.07, 6.45) is 1.07. The van der Waals surface area contributed by atoms with Gasteiger partial charge >= 0.3 is 5.97 Å². The second-order valence-corrected chi connectivity index (χ2v) is 12.5. The van der Waals surface area contributed by atoms with Crippen LogP contribution in [0.3, 0.4) is 0 Å². The smallest absolute Gasteiger partial charge is 0.316 e. The molecule has 0 bridgehead atoms. The second-order valence-electron chi connectivity index (χ2n) is 8.62. The van der Waals surface area contributed by atoms with Gasteiger partial charge in [-0.25, -0.2) is 17.8 Å². The number of esters is 1. The number of nitrogens with two attached hydrogens (primary N) is 1. The molecule has 0 spiro atoms. The first-order valence-electron chi connectivity index (χ1n) is 9.56. The molecule has 2 unspecified atom stereocenters. The average molecular weight is 494 g/mol. The standard InChI is InChI=1S/C16H27N7O5S3/c1-15(2,3)28-13(25)16(7-22-11(24)10(17)12(22)29-8-16)9-30-14-19-20-21-23(14)6-5-18-31(4,26)27/h10,12,18H,5-9,17H2,1-4H3/t10?,12-,16?/m1/s1. The Morgan fingerprint density at radius 3 is 2.81 bits per heavy atom. The second kappa shape index (κ2) is 8.84. The molecular formula is C16H27N7O5S3. The normalized spacial score (nSPS) is 26.4. The molecule has 3 N–H and O–H groups in total. The highest BCUT2D eigenvalue weighted by molar-refractivity contribution is 8.00. The molecule has 0 radical (unpaired) electrons. The summed E-state index contributed by atoms with van der Waals surface area (Å²) in [5, 5.41) is 11.8. The number of nitrogens with zero attached hydrogens (tertiary/aromatic N) is 5. The van der Waals surface area contributed by atoms with Gasteiger partial charge < -0.3 is 15.4 Å². The molecule has 3 rings (SSSR count). The molecule has 174 valence electrons. The van der Waals surface area contributed by atoms with Crippen molar-refractivity contribution in [3.05, 3.63) is 0 Å². The highest BCUT2D eigenvalue weighted by Crippen LogP contribution is 2.44. The van der Waals surface area contributed by atoms with Crippen LogP contribution < -0.4 is 10.5 Å². The molecule has 1 amide bonds. The zero-order valence-corrected chi connectivity index (χ0v) is 20.2. The molecule has 12 nitrogen and oxygen atoms in total. The molecule has 2 aliphatic rings. The van der Waals surface area contributed by atoms with Crippen molar-refractivity contribution in [1.29, 1.82) is 0 Å². The number of carbonyl (C=O) groups excluding carboxylic acids is 2. The Bertz CT molecular complexity index is 948. The minimum Gasteiger partial charge on any atom is -0.459 e. The Kier molecular flexibility index (Phi) is 6.91. The summed E-state index contributed by atoms with van der Waals surface area (Å²) >= 11 is 2.74. The van der Waals surface area contributed by atoms with E-state index in [2.05, 4.69) is 20.2 Å². The topological polar surface area (TPSA) is 162 Å². The Morgan fingerprint density at radius 2 is 2.16 bits per heavy atom. The van der Waals surface area contributed by atoms with Gasteiger partial charge in [-0.05, 0) is 31.2 Å². The monoisotopic (exact) mass is 493 g/mol. The van der Waals surface area contributed by atoms with E-state index in [0.29, 0.717) is 16.7 Å². The Hall–Kier alpha value is -1.42. The largest absolute Gasteiger partial charge is 0.459 e. The molecule has 2 saturated heterocycles. The van der Waals surface area contributed by atoms with Crippen molar-refractivity contribution in [2.75, 3.05) is 30.9 Å². The number of rotatable bonds is 8. The summed E-state index contributed by atoms with van der Waals surface area (Å²) in [5.41, 5.74) is 4.26. The van der Waals surface area contributed by atoms with E-state index in [1.165, 1.54) is 28.2 Å². The van der Waals surface area contributed by atoms with Crippen molar-refractivity contribution in [2.45, 2.75) is 49.5 Å². The van der Waals surface area contributed by atoms with E-state index in [0.717, 1.165) is 6.26 Å². The zero-order chi connectivity index (χ0) is 23.0. The average Bonchev–Trinajstić information content (AvgIpc) is 3.10. The van der Waals surface area contributed by atoms with Gasteiger partial charge in [0.25, 0.3) is 0 Å². The number of fused-ring (bicyclic) bond motifs is 1. The molecule has 0 aliphatic carbocycles. The van der Waals surface area contributed by atoms with E-state index in [1.54, 1.807) is 25.7 Å². The molecule has 2 fully saturated rings. The maximum atomic E-state index is 13.2. The summed E-state index contributed by atoms with van der Waals surface area (Å²) < 4.78 is 32.0. The number of carbonyl (C=O) groups is 2. The quantitative estimate of drug-likeness (QED) is 0.256. The van der Waals surface area contributed by atoms with Gasteiger partial charge in [-0.3, -0.25) is 9.59 Å². The summed E-state index contributed by atoms with van der Waals surface area (Å²) in [6, 6.07) is -0.538. The number of aromatic nitrogens is 4. The number of tetrazole rings is 1. The van der Waals surface area contributed by atoms with Gasteiger partial charge in [0.1, 0.15) is 22.4 Å². The highest BCUT2D eigenvalue weighted by atomic mass is 32.2. The first kappa shape index (κ1) is 24.2. The molecule has 2 aliphatic heterocycles. The van der Waals surface area contributed by atoms with Crippen LogP contribution >= 0.6 is 23.5 Å². The number of hydrogen-bond donors (Lipinski definition) is 2. The van der Waals surface area contributed by atoms with Gasteiger partial charge in [0, 0.05) is 24.6 Å². The van der Waals surface area contributed by atoms with Crippen molar-refractivity contribution >= 4 is 45.4 Å². The van der Waals surface area contributed by atoms with E-state index in [9.17, 15) is 18.0 Å². The van der Waals surface area contributed by atoms with Crippen LogP contribution in [-0.4, -0.2) is 93.3 Å². The van der Waals surface area contributed by atoms with Crippen LogP contribution in [0.15, 0.2) is 5.16 Å². The number of β-lactam (4-membered cyclic amide) rings is 1. The number of thioether (sulfide) groups is 2. The van der Waals surface area contributed by atoms with Gasteiger partial charge in [0.2, 0.25) is 21.1 Å². The number of ether oxygens (including phenoxy) is 1. The third kappa shape index (κ3) is 5.69. The van der Waals surface area contributed by atoms with Crippen LogP contribution in [0.2, 0.25) is 0 Å². The predicted octanol–water partition coefficient (Wildman–Crippen LogP) is -1.12. The fraction of sp³-hybridized carbons (Fsp3) is 0.812. The molecule has 0 saturated carbocycles. The molecule has 15 heteroatoms. The van der Waals surface area contributed by atoms with Crippen LogP contribution in [-0.2, 0) is 30.9 Å². The van der Waals surface area contributed by atoms with Gasteiger partial charge in [-0.1, -0.05) is 11.8 Å². The van der Waals surface area contributed by atoms with E-state index in [4.69, 9.17) is 10.5 Å².